The van der Waals surface area contributed by atoms with Gasteiger partial charge in [0.2, 0.25) is 5.91 Å². The average Bonchev–Trinajstić information content (AvgIpc) is 2.99. The SMILES string of the molecule is COc1ccc(C2CC(C)N(C(=O)Cc3ccc(N)cc3)C2)cc1.Cl. The Bertz CT molecular complexity index is 701. The molecule has 4 nitrogen and oxygen atoms in total. The van der Waals surface area contributed by atoms with Gasteiger partial charge in [-0.15, -0.1) is 12.4 Å². The Labute approximate surface area is 155 Å². The Kier molecular flexibility index (Phi) is 6.32. The summed E-state index contributed by atoms with van der Waals surface area (Å²) in [5, 5.41) is 0. The van der Waals surface area contributed by atoms with Gasteiger partial charge in [-0.1, -0.05) is 24.3 Å². The van der Waals surface area contributed by atoms with Gasteiger partial charge in [-0.25, -0.2) is 0 Å². The van der Waals surface area contributed by atoms with Gasteiger partial charge >= 0.3 is 0 Å². The lowest BCUT2D eigenvalue weighted by molar-refractivity contribution is -0.131. The molecule has 2 aromatic rings. The smallest absolute Gasteiger partial charge is 0.227 e. The fraction of sp³-hybridized carbons (Fsp3) is 0.350. The van der Waals surface area contributed by atoms with Crippen molar-refractivity contribution < 1.29 is 9.53 Å². The highest BCUT2D eigenvalue weighted by molar-refractivity contribution is 5.85. The molecule has 1 heterocycles. The molecule has 1 aliphatic rings. The second kappa shape index (κ2) is 8.26. The van der Waals surface area contributed by atoms with E-state index in [1.807, 2.05) is 41.3 Å². The van der Waals surface area contributed by atoms with Crippen LogP contribution in [0.2, 0.25) is 0 Å². The van der Waals surface area contributed by atoms with Crippen LogP contribution in [0.15, 0.2) is 48.5 Å². The quantitative estimate of drug-likeness (QED) is 0.847. The van der Waals surface area contributed by atoms with Crippen molar-refractivity contribution in [3.05, 3.63) is 59.7 Å². The van der Waals surface area contributed by atoms with Gasteiger partial charge in [0.05, 0.1) is 13.5 Å². The predicted molar refractivity (Wildman–Crippen MR) is 103 cm³/mol. The summed E-state index contributed by atoms with van der Waals surface area (Å²) in [6, 6.07) is 16.0. The van der Waals surface area contributed by atoms with Crippen molar-refractivity contribution in [3.63, 3.8) is 0 Å². The highest BCUT2D eigenvalue weighted by atomic mass is 35.5. The molecule has 2 aromatic carbocycles. The number of likely N-dealkylation sites (tertiary alicyclic amines) is 1. The Morgan fingerprint density at radius 3 is 2.40 bits per heavy atom. The predicted octanol–water partition coefficient (Wildman–Crippen LogP) is 3.65. The van der Waals surface area contributed by atoms with E-state index in [2.05, 4.69) is 19.1 Å². The van der Waals surface area contributed by atoms with Crippen molar-refractivity contribution >= 4 is 24.0 Å². The lowest BCUT2D eigenvalue weighted by Crippen LogP contribution is -2.35. The first-order chi connectivity index (χ1) is 11.6. The summed E-state index contributed by atoms with van der Waals surface area (Å²) in [7, 11) is 1.67. The van der Waals surface area contributed by atoms with Gasteiger partial charge in [0.15, 0.2) is 0 Å². The molecular weight excluding hydrogens is 336 g/mol. The highest BCUT2D eigenvalue weighted by Gasteiger charge is 2.32. The summed E-state index contributed by atoms with van der Waals surface area (Å²) in [4.78, 5) is 14.7. The van der Waals surface area contributed by atoms with Crippen molar-refractivity contribution in [2.24, 2.45) is 0 Å². The fourth-order valence-corrected chi connectivity index (χ4v) is 3.41. The maximum atomic E-state index is 12.7. The van der Waals surface area contributed by atoms with Gasteiger partial charge in [-0.2, -0.15) is 0 Å². The molecule has 2 N–H and O–H groups in total. The molecule has 0 saturated carbocycles. The number of carbonyl (C=O) groups excluding carboxylic acids is 1. The summed E-state index contributed by atoms with van der Waals surface area (Å²) in [5.74, 6) is 1.44. The number of carbonyl (C=O) groups is 1. The van der Waals surface area contributed by atoms with E-state index in [1.165, 1.54) is 5.56 Å². The number of hydrogen-bond acceptors (Lipinski definition) is 3. The molecule has 1 saturated heterocycles. The molecule has 1 amide bonds. The second-order valence-corrected chi connectivity index (χ2v) is 6.52. The van der Waals surface area contributed by atoms with Crippen LogP contribution in [0.5, 0.6) is 5.75 Å². The van der Waals surface area contributed by atoms with Crippen molar-refractivity contribution in [3.8, 4) is 5.75 Å². The third-order valence-corrected chi connectivity index (χ3v) is 4.82. The number of hydrogen-bond donors (Lipinski definition) is 1. The van der Waals surface area contributed by atoms with Crippen LogP contribution in [0.1, 0.15) is 30.4 Å². The summed E-state index contributed by atoms with van der Waals surface area (Å²) >= 11 is 0. The van der Waals surface area contributed by atoms with Crippen LogP contribution in [0.3, 0.4) is 0 Å². The normalized spacial score (nSPS) is 19.4. The first-order valence-corrected chi connectivity index (χ1v) is 8.34. The van der Waals surface area contributed by atoms with E-state index in [1.54, 1.807) is 7.11 Å². The van der Waals surface area contributed by atoms with Crippen molar-refractivity contribution in [2.45, 2.75) is 31.7 Å². The molecule has 5 heteroatoms. The zero-order valence-corrected chi connectivity index (χ0v) is 15.5. The minimum Gasteiger partial charge on any atom is -0.497 e. The van der Waals surface area contributed by atoms with Crippen LogP contribution in [0.25, 0.3) is 0 Å². The number of anilines is 1. The highest BCUT2D eigenvalue weighted by Crippen LogP contribution is 2.32. The van der Waals surface area contributed by atoms with E-state index in [0.717, 1.165) is 30.0 Å². The van der Waals surface area contributed by atoms with Crippen LogP contribution in [-0.2, 0) is 11.2 Å². The van der Waals surface area contributed by atoms with Crippen LogP contribution in [-0.4, -0.2) is 30.5 Å². The molecule has 0 bridgehead atoms. The number of nitrogens with zero attached hydrogens (tertiary/aromatic N) is 1. The molecule has 0 aromatic heterocycles. The van der Waals surface area contributed by atoms with E-state index in [9.17, 15) is 4.79 Å². The number of halogens is 1. The molecule has 1 fully saturated rings. The maximum absolute atomic E-state index is 12.7. The number of nitrogens with two attached hydrogens (primary N) is 1. The monoisotopic (exact) mass is 360 g/mol. The Balaban J connectivity index is 0.00000225. The van der Waals surface area contributed by atoms with Gasteiger partial charge in [0, 0.05) is 24.2 Å². The number of ether oxygens (including phenoxy) is 1. The number of amides is 1. The first kappa shape index (κ1) is 19.1. The van der Waals surface area contributed by atoms with Gasteiger partial charge in [-0.3, -0.25) is 4.79 Å². The molecule has 134 valence electrons. The lowest BCUT2D eigenvalue weighted by atomic mass is 9.97. The van der Waals surface area contributed by atoms with Crippen molar-refractivity contribution in [1.29, 1.82) is 0 Å². The molecule has 2 atom stereocenters. The third-order valence-electron chi connectivity index (χ3n) is 4.82. The van der Waals surface area contributed by atoms with Crippen LogP contribution in [0, 0.1) is 0 Å². The first-order valence-electron chi connectivity index (χ1n) is 8.34. The summed E-state index contributed by atoms with van der Waals surface area (Å²) in [5.41, 5.74) is 8.70. The lowest BCUT2D eigenvalue weighted by Gasteiger charge is -2.21. The third kappa shape index (κ3) is 4.45. The number of methoxy groups -OCH3 is 1. The van der Waals surface area contributed by atoms with Gasteiger partial charge in [0.25, 0.3) is 0 Å². The summed E-state index contributed by atoms with van der Waals surface area (Å²) in [6.45, 7) is 2.91. The second-order valence-electron chi connectivity index (χ2n) is 6.52. The minimum atomic E-state index is 0. The van der Waals surface area contributed by atoms with E-state index in [4.69, 9.17) is 10.5 Å². The Morgan fingerprint density at radius 2 is 1.80 bits per heavy atom. The number of nitrogen functional groups attached to an aromatic ring is 1. The van der Waals surface area contributed by atoms with Gasteiger partial charge < -0.3 is 15.4 Å². The molecule has 1 aliphatic heterocycles. The Hall–Kier alpha value is -2.20. The molecule has 0 aliphatic carbocycles. The molecule has 3 rings (SSSR count). The standard InChI is InChI=1S/C20H24N2O2.ClH/c1-14-11-17(16-5-9-19(24-2)10-6-16)13-22(14)20(23)12-15-3-7-18(21)8-4-15;/h3-10,14,17H,11-13,21H2,1-2H3;1H. The van der Waals surface area contributed by atoms with Gasteiger partial charge in [-0.05, 0) is 48.7 Å². The zero-order chi connectivity index (χ0) is 17.1. The fourth-order valence-electron chi connectivity index (χ4n) is 3.41. The van der Waals surface area contributed by atoms with Crippen molar-refractivity contribution in [2.75, 3.05) is 19.4 Å². The average molecular weight is 361 g/mol. The van der Waals surface area contributed by atoms with E-state index in [0.29, 0.717) is 12.3 Å². The van der Waals surface area contributed by atoms with Crippen LogP contribution >= 0.6 is 12.4 Å². The molecule has 25 heavy (non-hydrogen) atoms. The van der Waals surface area contributed by atoms with E-state index < -0.39 is 0 Å². The number of benzene rings is 2. The zero-order valence-electron chi connectivity index (χ0n) is 14.6. The van der Waals surface area contributed by atoms with E-state index in [-0.39, 0.29) is 24.4 Å². The van der Waals surface area contributed by atoms with E-state index >= 15 is 0 Å². The molecule has 0 radical (unpaired) electrons. The van der Waals surface area contributed by atoms with Crippen LogP contribution < -0.4 is 10.5 Å². The van der Waals surface area contributed by atoms with Gasteiger partial charge in [0.1, 0.15) is 5.75 Å². The molecule has 0 spiro atoms. The van der Waals surface area contributed by atoms with Crippen molar-refractivity contribution in [1.82, 2.24) is 4.90 Å². The number of rotatable bonds is 4. The topological polar surface area (TPSA) is 55.6 Å². The largest absolute Gasteiger partial charge is 0.497 e. The Morgan fingerprint density at radius 1 is 1.16 bits per heavy atom. The molecule has 2 unspecified atom stereocenters. The molecular formula is C20H25ClN2O2. The summed E-state index contributed by atoms with van der Waals surface area (Å²) in [6.07, 6.45) is 1.43. The maximum Gasteiger partial charge on any atom is 0.227 e. The summed E-state index contributed by atoms with van der Waals surface area (Å²) < 4.78 is 5.21. The van der Waals surface area contributed by atoms with Crippen LogP contribution in [0.4, 0.5) is 5.69 Å². The minimum absolute atomic E-state index is 0.